The Morgan fingerprint density at radius 1 is 1.22 bits per heavy atom. The molecule has 0 atom stereocenters. The van der Waals surface area contributed by atoms with Gasteiger partial charge in [-0.2, -0.15) is 0 Å². The van der Waals surface area contributed by atoms with Crippen LogP contribution < -0.4 is 0 Å². The van der Waals surface area contributed by atoms with Crippen LogP contribution in [0.5, 0.6) is 11.5 Å². The molecule has 0 aliphatic carbocycles. The van der Waals surface area contributed by atoms with Crippen LogP contribution >= 0.6 is 0 Å². The molecular formula is C16H21O2. The third-order valence-electron chi connectivity index (χ3n) is 2.80. The first-order valence-corrected chi connectivity index (χ1v) is 6.21. The highest BCUT2D eigenvalue weighted by Crippen LogP contribution is 2.26. The Bertz CT molecular complexity index is 432. The van der Waals surface area contributed by atoms with E-state index in [1.54, 1.807) is 6.07 Å². The number of benzene rings is 1. The first-order chi connectivity index (χ1) is 8.50. The fourth-order valence-electron chi connectivity index (χ4n) is 1.68. The number of hydrogen-bond donors (Lipinski definition) is 2. The van der Waals surface area contributed by atoms with Gasteiger partial charge < -0.3 is 10.2 Å². The largest absolute Gasteiger partial charge is 0.508 e. The van der Waals surface area contributed by atoms with Gasteiger partial charge in [-0.1, -0.05) is 23.3 Å². The van der Waals surface area contributed by atoms with Gasteiger partial charge in [0, 0.05) is 11.6 Å². The van der Waals surface area contributed by atoms with E-state index in [2.05, 4.69) is 32.9 Å². The molecule has 0 bridgehead atoms. The summed E-state index contributed by atoms with van der Waals surface area (Å²) in [4.78, 5) is 0. The minimum absolute atomic E-state index is 0.0309. The van der Waals surface area contributed by atoms with Crippen molar-refractivity contribution in [1.29, 1.82) is 0 Å². The van der Waals surface area contributed by atoms with Gasteiger partial charge in [-0.25, -0.2) is 0 Å². The SMILES string of the molecule is CC(C)=CCC/C(C)=C/Cc1c(O)[c]ccc1O. The van der Waals surface area contributed by atoms with Gasteiger partial charge in [-0.15, -0.1) is 0 Å². The second-order valence-electron chi connectivity index (χ2n) is 4.76. The average molecular weight is 245 g/mol. The van der Waals surface area contributed by atoms with Crippen molar-refractivity contribution >= 4 is 0 Å². The molecule has 18 heavy (non-hydrogen) atoms. The lowest BCUT2D eigenvalue weighted by Gasteiger charge is -2.05. The normalized spacial score (nSPS) is 11.4. The van der Waals surface area contributed by atoms with Crippen LogP contribution in [0.3, 0.4) is 0 Å². The predicted octanol–water partition coefficient (Wildman–Crippen LogP) is 4.13. The lowest BCUT2D eigenvalue weighted by molar-refractivity contribution is 0.440. The van der Waals surface area contributed by atoms with Gasteiger partial charge in [-0.3, -0.25) is 0 Å². The number of hydrogen-bond acceptors (Lipinski definition) is 2. The summed E-state index contributed by atoms with van der Waals surface area (Å²) in [6, 6.07) is 5.74. The van der Waals surface area contributed by atoms with Gasteiger partial charge in [-0.05, 0) is 52.2 Å². The Labute approximate surface area is 109 Å². The summed E-state index contributed by atoms with van der Waals surface area (Å²) in [7, 11) is 0. The summed E-state index contributed by atoms with van der Waals surface area (Å²) in [5, 5.41) is 19.2. The molecular weight excluding hydrogens is 224 g/mol. The van der Waals surface area contributed by atoms with Crippen LogP contribution in [-0.4, -0.2) is 10.2 Å². The average Bonchev–Trinajstić information content (AvgIpc) is 2.27. The van der Waals surface area contributed by atoms with Crippen LogP contribution in [0.2, 0.25) is 0 Å². The zero-order valence-corrected chi connectivity index (χ0v) is 11.3. The molecule has 0 aliphatic heterocycles. The number of aromatic hydroxyl groups is 2. The van der Waals surface area contributed by atoms with E-state index in [1.807, 2.05) is 6.08 Å². The monoisotopic (exact) mass is 245 g/mol. The van der Waals surface area contributed by atoms with Crippen molar-refractivity contribution in [2.24, 2.45) is 0 Å². The molecule has 1 radical (unpaired) electrons. The third kappa shape index (κ3) is 4.66. The van der Waals surface area contributed by atoms with E-state index in [-0.39, 0.29) is 11.5 Å². The van der Waals surface area contributed by atoms with E-state index in [9.17, 15) is 10.2 Å². The van der Waals surface area contributed by atoms with E-state index < -0.39 is 0 Å². The van der Waals surface area contributed by atoms with Gasteiger partial charge in [0.15, 0.2) is 0 Å². The molecule has 0 saturated heterocycles. The van der Waals surface area contributed by atoms with Crippen LogP contribution in [-0.2, 0) is 6.42 Å². The van der Waals surface area contributed by atoms with Crippen molar-refractivity contribution in [2.45, 2.75) is 40.0 Å². The molecule has 0 saturated carbocycles. The molecule has 0 unspecified atom stereocenters. The quantitative estimate of drug-likeness (QED) is 0.766. The summed E-state index contributed by atoms with van der Waals surface area (Å²) < 4.78 is 0. The summed E-state index contributed by atoms with van der Waals surface area (Å²) in [6.45, 7) is 6.25. The highest BCUT2D eigenvalue weighted by Gasteiger charge is 2.05. The van der Waals surface area contributed by atoms with Crippen molar-refractivity contribution in [3.05, 3.63) is 47.1 Å². The first kappa shape index (κ1) is 14.4. The topological polar surface area (TPSA) is 40.5 Å². The second-order valence-corrected chi connectivity index (χ2v) is 4.76. The summed E-state index contributed by atoms with van der Waals surface area (Å²) in [6.07, 6.45) is 6.83. The molecule has 0 aromatic heterocycles. The molecule has 0 spiro atoms. The minimum Gasteiger partial charge on any atom is -0.508 e. The van der Waals surface area contributed by atoms with E-state index >= 15 is 0 Å². The zero-order valence-electron chi connectivity index (χ0n) is 11.3. The Kier molecular flexibility index (Phi) is 5.50. The second kappa shape index (κ2) is 6.90. The first-order valence-electron chi connectivity index (χ1n) is 6.21. The molecule has 2 nitrogen and oxygen atoms in total. The molecule has 2 N–H and O–H groups in total. The Hall–Kier alpha value is -1.70. The molecule has 0 amide bonds. The fourth-order valence-corrected chi connectivity index (χ4v) is 1.68. The number of phenols is 2. The van der Waals surface area contributed by atoms with Crippen molar-refractivity contribution < 1.29 is 10.2 Å². The maximum absolute atomic E-state index is 9.63. The van der Waals surface area contributed by atoms with Crippen LogP contribution in [0.15, 0.2) is 35.4 Å². The highest BCUT2D eigenvalue weighted by atomic mass is 16.3. The Morgan fingerprint density at radius 2 is 1.94 bits per heavy atom. The maximum Gasteiger partial charge on any atom is 0.130 e. The summed E-state index contributed by atoms with van der Waals surface area (Å²) in [5.74, 6) is 0.156. The van der Waals surface area contributed by atoms with E-state index in [0.29, 0.717) is 12.0 Å². The van der Waals surface area contributed by atoms with Gasteiger partial charge in [0.1, 0.15) is 11.5 Å². The molecule has 0 heterocycles. The van der Waals surface area contributed by atoms with Gasteiger partial charge in [0.25, 0.3) is 0 Å². The lowest BCUT2D eigenvalue weighted by Crippen LogP contribution is -1.86. The molecule has 97 valence electrons. The van der Waals surface area contributed by atoms with Crippen molar-refractivity contribution in [2.75, 3.05) is 0 Å². The van der Waals surface area contributed by atoms with Crippen LogP contribution in [0.25, 0.3) is 0 Å². The lowest BCUT2D eigenvalue weighted by atomic mass is 10.0. The fraction of sp³-hybridized carbons (Fsp3) is 0.375. The van der Waals surface area contributed by atoms with Crippen molar-refractivity contribution in [1.82, 2.24) is 0 Å². The van der Waals surface area contributed by atoms with Crippen molar-refractivity contribution in [3.63, 3.8) is 0 Å². The summed E-state index contributed by atoms with van der Waals surface area (Å²) >= 11 is 0. The van der Waals surface area contributed by atoms with E-state index in [1.165, 1.54) is 17.2 Å². The molecule has 0 aliphatic rings. The molecule has 1 aromatic rings. The van der Waals surface area contributed by atoms with Gasteiger partial charge in [0.2, 0.25) is 0 Å². The molecule has 1 aromatic carbocycles. The van der Waals surface area contributed by atoms with Crippen LogP contribution in [0.1, 0.15) is 39.2 Å². The highest BCUT2D eigenvalue weighted by molar-refractivity contribution is 5.43. The predicted molar refractivity (Wildman–Crippen MR) is 74.7 cm³/mol. The Balaban J connectivity index is 2.60. The molecule has 2 heteroatoms. The maximum atomic E-state index is 9.63. The number of rotatable bonds is 5. The summed E-state index contributed by atoms with van der Waals surface area (Å²) in [5.41, 5.74) is 3.13. The third-order valence-corrected chi connectivity index (χ3v) is 2.80. The Morgan fingerprint density at radius 3 is 2.56 bits per heavy atom. The van der Waals surface area contributed by atoms with Crippen molar-refractivity contribution in [3.8, 4) is 11.5 Å². The van der Waals surface area contributed by atoms with Crippen LogP contribution in [0.4, 0.5) is 0 Å². The zero-order chi connectivity index (χ0) is 13.5. The van der Waals surface area contributed by atoms with Crippen LogP contribution in [0, 0.1) is 6.07 Å². The molecule has 0 fully saturated rings. The minimum atomic E-state index is 0.0309. The number of phenolic OH excluding ortho intramolecular Hbond substituents is 2. The standard InChI is InChI=1S/C16H21O2/c1-12(2)6-4-7-13(3)10-11-14-15(17)8-5-9-16(14)18/h5-6,8,10,17-18H,4,7,11H2,1-3H3/b13-10+. The van der Waals surface area contributed by atoms with E-state index in [4.69, 9.17) is 0 Å². The smallest absolute Gasteiger partial charge is 0.130 e. The number of allylic oxidation sites excluding steroid dienone is 4. The molecule has 1 rings (SSSR count). The van der Waals surface area contributed by atoms with E-state index in [0.717, 1.165) is 12.8 Å². The van der Waals surface area contributed by atoms with Gasteiger partial charge in [0.05, 0.1) is 0 Å². The van der Waals surface area contributed by atoms with Gasteiger partial charge >= 0.3 is 0 Å².